The average molecular weight is 470 g/mol. The molecule has 2 aromatic rings. The number of rotatable bonds is 8. The third-order valence-electron chi connectivity index (χ3n) is 6.18. The van der Waals surface area contributed by atoms with Gasteiger partial charge in [-0.15, -0.1) is 11.3 Å². The number of carbonyl (C=O) groups is 4. The summed E-state index contributed by atoms with van der Waals surface area (Å²) in [6.45, 7) is 1.97. The Bertz CT molecular complexity index is 1040. The van der Waals surface area contributed by atoms with Crippen molar-refractivity contribution < 1.29 is 23.9 Å². The molecule has 1 aliphatic heterocycles. The van der Waals surface area contributed by atoms with Crippen LogP contribution >= 0.6 is 11.3 Å². The van der Waals surface area contributed by atoms with Crippen molar-refractivity contribution >= 4 is 40.7 Å². The summed E-state index contributed by atoms with van der Waals surface area (Å²) >= 11 is 1.33. The molecule has 0 radical (unpaired) electrons. The minimum absolute atomic E-state index is 0.0120. The van der Waals surface area contributed by atoms with Crippen LogP contribution in [0.15, 0.2) is 29.6 Å². The molecule has 9 heteroatoms. The summed E-state index contributed by atoms with van der Waals surface area (Å²) < 4.78 is 5.26. The largest absolute Gasteiger partial charge is 0.459 e. The van der Waals surface area contributed by atoms with Crippen LogP contribution in [0.5, 0.6) is 0 Å². The predicted molar refractivity (Wildman–Crippen MR) is 122 cm³/mol. The van der Waals surface area contributed by atoms with E-state index in [0.29, 0.717) is 10.7 Å². The minimum Gasteiger partial charge on any atom is -0.459 e. The molecule has 0 bridgehead atoms. The topological polar surface area (TPSA) is 106 Å². The van der Waals surface area contributed by atoms with Crippen LogP contribution in [0.3, 0.4) is 0 Å². The summed E-state index contributed by atoms with van der Waals surface area (Å²) in [5.41, 5.74) is 2.31. The lowest BCUT2D eigenvalue weighted by atomic mass is 9.81. The molecule has 3 amide bonds. The Balaban J connectivity index is 1.21. The van der Waals surface area contributed by atoms with Gasteiger partial charge in [0.1, 0.15) is 11.6 Å². The van der Waals surface area contributed by atoms with Gasteiger partial charge < -0.3 is 10.1 Å². The van der Waals surface area contributed by atoms with Crippen molar-refractivity contribution in [2.24, 2.45) is 11.8 Å². The molecule has 1 saturated carbocycles. The summed E-state index contributed by atoms with van der Waals surface area (Å²) in [4.78, 5) is 55.0. The Kier molecular flexibility index (Phi) is 7.17. The summed E-state index contributed by atoms with van der Waals surface area (Å²) in [5.74, 6) is -1.37. The van der Waals surface area contributed by atoms with Gasteiger partial charge in [0, 0.05) is 17.6 Å². The van der Waals surface area contributed by atoms with Crippen molar-refractivity contribution in [2.45, 2.75) is 52.1 Å². The summed E-state index contributed by atoms with van der Waals surface area (Å²) in [6.07, 6.45) is 3.55. The lowest BCUT2D eigenvalue weighted by Crippen LogP contribution is -2.33. The van der Waals surface area contributed by atoms with Gasteiger partial charge in [-0.25, -0.2) is 4.98 Å². The monoisotopic (exact) mass is 469 g/mol. The smallest absolute Gasteiger partial charge is 0.307 e. The zero-order chi connectivity index (χ0) is 23.4. The Labute approximate surface area is 196 Å². The Morgan fingerprint density at radius 1 is 1.15 bits per heavy atom. The fourth-order valence-corrected chi connectivity index (χ4v) is 5.20. The molecule has 2 atom stereocenters. The van der Waals surface area contributed by atoms with Crippen LogP contribution in [0, 0.1) is 18.8 Å². The maximum absolute atomic E-state index is 12.5. The van der Waals surface area contributed by atoms with Crippen molar-refractivity contribution in [2.75, 3.05) is 11.9 Å². The zero-order valence-corrected chi connectivity index (χ0v) is 19.4. The zero-order valence-electron chi connectivity index (χ0n) is 18.5. The van der Waals surface area contributed by atoms with Gasteiger partial charge in [-0.1, -0.05) is 31.0 Å². The van der Waals surface area contributed by atoms with Crippen LogP contribution in [0.4, 0.5) is 5.69 Å². The second-order valence-electron chi connectivity index (χ2n) is 8.51. The first-order valence-electron chi connectivity index (χ1n) is 11.2. The predicted octanol–water partition coefficient (Wildman–Crippen LogP) is 3.24. The summed E-state index contributed by atoms with van der Waals surface area (Å²) in [7, 11) is 0. The van der Waals surface area contributed by atoms with E-state index in [4.69, 9.17) is 4.74 Å². The Morgan fingerprint density at radius 2 is 1.85 bits per heavy atom. The molecule has 174 valence electrons. The third kappa shape index (κ3) is 5.47. The standard InChI is InChI=1S/C24H27N3O5S/c1-15-6-2-5-9-19(15)26-20(28)12-21-25-16(14-33-21)13-32-22(29)10-11-27-23(30)17-7-3-4-8-18(17)24(27)31/h2,5-6,9,14,17-18H,3-4,7-8,10-13H2,1H3,(H,26,28)/t17-,18-/m0/s1. The maximum Gasteiger partial charge on any atom is 0.307 e. The maximum atomic E-state index is 12.5. The van der Waals surface area contributed by atoms with Crippen LogP contribution in [0.25, 0.3) is 0 Å². The molecule has 1 aliphatic carbocycles. The van der Waals surface area contributed by atoms with Crippen LogP contribution in [0.1, 0.15) is 48.4 Å². The van der Waals surface area contributed by atoms with Crippen molar-refractivity contribution in [3.8, 4) is 0 Å². The highest BCUT2D eigenvalue weighted by Crippen LogP contribution is 2.38. The molecule has 1 aromatic carbocycles. The first kappa shape index (κ1) is 23.1. The fraction of sp³-hybridized carbons (Fsp3) is 0.458. The van der Waals surface area contributed by atoms with Crippen LogP contribution in [0.2, 0.25) is 0 Å². The highest BCUT2D eigenvalue weighted by atomic mass is 32.1. The van der Waals surface area contributed by atoms with Gasteiger partial charge >= 0.3 is 5.97 Å². The number of hydrogen-bond donors (Lipinski definition) is 1. The second kappa shape index (κ2) is 10.2. The van der Waals surface area contributed by atoms with Crippen LogP contribution in [-0.4, -0.2) is 40.1 Å². The molecule has 1 aromatic heterocycles. The normalized spacial score (nSPS) is 20.0. The lowest BCUT2D eigenvalue weighted by molar-refractivity contribution is -0.147. The van der Waals surface area contributed by atoms with Crippen molar-refractivity contribution in [1.82, 2.24) is 9.88 Å². The molecule has 2 fully saturated rings. The number of likely N-dealkylation sites (tertiary alicyclic amines) is 1. The number of nitrogens with one attached hydrogen (secondary N) is 1. The number of thiazole rings is 1. The van der Waals surface area contributed by atoms with Gasteiger partial charge in [0.2, 0.25) is 17.7 Å². The molecule has 2 heterocycles. The van der Waals surface area contributed by atoms with Crippen molar-refractivity contribution in [1.29, 1.82) is 0 Å². The van der Waals surface area contributed by atoms with Gasteiger partial charge in [0.15, 0.2) is 0 Å². The SMILES string of the molecule is Cc1ccccc1NC(=O)Cc1nc(COC(=O)CCN2C(=O)[C@H]3CCCC[C@@H]3C2=O)cs1. The Hall–Kier alpha value is -3.07. The van der Waals surface area contributed by atoms with Crippen molar-refractivity contribution in [3.63, 3.8) is 0 Å². The molecule has 4 rings (SSSR count). The summed E-state index contributed by atoms with van der Waals surface area (Å²) in [5, 5.41) is 5.25. The number of benzene rings is 1. The van der Waals surface area contributed by atoms with E-state index in [-0.39, 0.29) is 55.6 Å². The van der Waals surface area contributed by atoms with Gasteiger partial charge in [-0.2, -0.15) is 0 Å². The van der Waals surface area contributed by atoms with E-state index in [2.05, 4.69) is 10.3 Å². The number of carbonyl (C=O) groups excluding carboxylic acids is 4. The molecule has 2 aliphatic rings. The number of nitrogens with zero attached hydrogens (tertiary/aromatic N) is 2. The Morgan fingerprint density at radius 3 is 2.55 bits per heavy atom. The van der Waals surface area contributed by atoms with Gasteiger partial charge in [-0.05, 0) is 31.4 Å². The van der Waals surface area contributed by atoms with Crippen LogP contribution < -0.4 is 5.32 Å². The lowest BCUT2D eigenvalue weighted by Gasteiger charge is -2.19. The van der Waals surface area contributed by atoms with E-state index >= 15 is 0 Å². The molecular formula is C24H27N3O5S. The molecule has 1 N–H and O–H groups in total. The molecule has 0 unspecified atom stereocenters. The van der Waals surface area contributed by atoms with E-state index in [0.717, 1.165) is 36.9 Å². The number of ether oxygens (including phenoxy) is 1. The molecular weight excluding hydrogens is 442 g/mol. The first-order chi connectivity index (χ1) is 15.9. The third-order valence-corrected chi connectivity index (χ3v) is 7.08. The number of aryl methyl sites for hydroxylation is 1. The molecule has 0 spiro atoms. The van der Waals surface area contributed by atoms with E-state index in [9.17, 15) is 19.2 Å². The van der Waals surface area contributed by atoms with E-state index < -0.39 is 5.97 Å². The number of para-hydroxylation sites is 1. The molecule has 8 nitrogen and oxygen atoms in total. The van der Waals surface area contributed by atoms with Crippen LogP contribution in [-0.2, 0) is 36.9 Å². The number of imide groups is 1. The highest BCUT2D eigenvalue weighted by Gasteiger charge is 2.47. The average Bonchev–Trinajstić information content (AvgIpc) is 3.35. The van der Waals surface area contributed by atoms with E-state index in [1.165, 1.54) is 16.2 Å². The van der Waals surface area contributed by atoms with E-state index in [1.54, 1.807) is 5.38 Å². The first-order valence-corrected chi connectivity index (χ1v) is 12.1. The number of hydrogen-bond acceptors (Lipinski definition) is 7. The molecule has 33 heavy (non-hydrogen) atoms. The number of fused-ring (bicyclic) bond motifs is 1. The van der Waals surface area contributed by atoms with E-state index in [1.807, 2.05) is 31.2 Å². The number of amides is 3. The van der Waals surface area contributed by atoms with Gasteiger partial charge in [-0.3, -0.25) is 24.1 Å². The highest BCUT2D eigenvalue weighted by molar-refractivity contribution is 7.09. The number of anilines is 1. The van der Waals surface area contributed by atoms with Gasteiger partial charge in [0.05, 0.1) is 30.4 Å². The quantitative estimate of drug-likeness (QED) is 0.470. The van der Waals surface area contributed by atoms with Gasteiger partial charge in [0.25, 0.3) is 0 Å². The second-order valence-corrected chi connectivity index (χ2v) is 9.45. The number of aromatic nitrogens is 1. The minimum atomic E-state index is -0.489. The van der Waals surface area contributed by atoms with Crippen molar-refractivity contribution in [3.05, 3.63) is 45.9 Å². The fourth-order valence-electron chi connectivity index (χ4n) is 4.42. The number of esters is 1. The molecule has 1 saturated heterocycles. The summed E-state index contributed by atoms with van der Waals surface area (Å²) in [6, 6.07) is 7.54.